The van der Waals surface area contributed by atoms with Crippen LogP contribution in [-0.2, 0) is 6.54 Å². The topological polar surface area (TPSA) is 47.4 Å². The van der Waals surface area contributed by atoms with Gasteiger partial charge in [-0.1, -0.05) is 12.1 Å². The first-order chi connectivity index (χ1) is 11.7. The quantitative estimate of drug-likeness (QED) is 0.867. The summed E-state index contributed by atoms with van der Waals surface area (Å²) in [5.74, 6) is 2.03. The van der Waals surface area contributed by atoms with Crippen LogP contribution >= 0.6 is 0 Å². The first kappa shape index (κ1) is 15.4. The third-order valence-corrected chi connectivity index (χ3v) is 5.19. The summed E-state index contributed by atoms with van der Waals surface area (Å²) in [6, 6.07) is 7.62. The van der Waals surface area contributed by atoms with Crippen LogP contribution in [0.2, 0.25) is 0 Å². The lowest BCUT2D eigenvalue weighted by Gasteiger charge is -2.34. The van der Waals surface area contributed by atoms with Gasteiger partial charge in [0.05, 0.1) is 12.0 Å². The Balaban J connectivity index is 1.36. The van der Waals surface area contributed by atoms with Crippen LogP contribution in [-0.4, -0.2) is 45.5 Å². The second kappa shape index (κ2) is 6.06. The molecule has 1 aromatic carbocycles. The lowest BCUT2D eigenvalue weighted by atomic mass is 9.89. The number of carbonyl (C=O) groups is 1. The largest absolute Gasteiger partial charge is 0.485 e. The van der Waals surface area contributed by atoms with Crippen LogP contribution in [0.25, 0.3) is 0 Å². The summed E-state index contributed by atoms with van der Waals surface area (Å²) in [5.41, 5.74) is 0.410. The van der Waals surface area contributed by atoms with Crippen LogP contribution in [0.4, 0.5) is 0 Å². The zero-order valence-corrected chi connectivity index (χ0v) is 14.1. The molecule has 5 nitrogen and oxygen atoms in total. The Morgan fingerprint density at radius 1 is 1.29 bits per heavy atom. The summed E-state index contributed by atoms with van der Waals surface area (Å²) >= 11 is 0. The van der Waals surface area contributed by atoms with E-state index in [1.165, 1.54) is 0 Å². The lowest BCUT2D eigenvalue weighted by molar-refractivity contribution is 0.0459. The number of Topliss-reactive ketones (excluding diaryl/α,β-unsaturated/α-hetero) is 1. The average Bonchev–Trinajstić information content (AvgIpc) is 3.15. The number of ketones is 1. The Morgan fingerprint density at radius 3 is 3.00 bits per heavy atom. The smallest absolute Gasteiger partial charge is 0.170 e. The highest BCUT2D eigenvalue weighted by atomic mass is 16.5. The minimum absolute atomic E-state index is 0.216. The first-order valence-electron chi connectivity index (χ1n) is 8.67. The number of ether oxygens (including phenoxy) is 1. The molecule has 3 heterocycles. The van der Waals surface area contributed by atoms with E-state index in [2.05, 4.69) is 14.5 Å². The van der Waals surface area contributed by atoms with E-state index in [0.29, 0.717) is 6.42 Å². The second-order valence-electron chi connectivity index (χ2n) is 6.93. The lowest BCUT2D eigenvalue weighted by Crippen LogP contribution is -2.44. The minimum Gasteiger partial charge on any atom is -0.485 e. The van der Waals surface area contributed by atoms with Gasteiger partial charge in [0.1, 0.15) is 17.2 Å². The molecule has 24 heavy (non-hydrogen) atoms. The van der Waals surface area contributed by atoms with Crippen LogP contribution in [0.5, 0.6) is 5.75 Å². The molecule has 126 valence electrons. The van der Waals surface area contributed by atoms with Gasteiger partial charge in [-0.3, -0.25) is 9.69 Å². The van der Waals surface area contributed by atoms with Gasteiger partial charge in [0.25, 0.3) is 0 Å². The van der Waals surface area contributed by atoms with Crippen molar-refractivity contribution in [3.05, 3.63) is 48.0 Å². The molecule has 1 saturated heterocycles. The molecule has 1 spiro atoms. The number of benzene rings is 1. The molecule has 2 aliphatic rings. The zero-order valence-electron chi connectivity index (χ0n) is 14.1. The number of rotatable bonds is 4. The second-order valence-corrected chi connectivity index (χ2v) is 6.93. The van der Waals surface area contributed by atoms with Crippen LogP contribution in [0.15, 0.2) is 36.7 Å². The zero-order chi connectivity index (χ0) is 16.6. The molecule has 0 saturated carbocycles. The molecule has 0 amide bonds. The van der Waals surface area contributed by atoms with E-state index in [1.807, 2.05) is 43.6 Å². The van der Waals surface area contributed by atoms with Gasteiger partial charge < -0.3 is 9.30 Å². The third-order valence-electron chi connectivity index (χ3n) is 5.19. The number of nitrogens with zero attached hydrogens (tertiary/aromatic N) is 3. The molecule has 5 heteroatoms. The Morgan fingerprint density at radius 2 is 2.17 bits per heavy atom. The molecular weight excluding hydrogens is 302 g/mol. The summed E-state index contributed by atoms with van der Waals surface area (Å²) < 4.78 is 8.46. The van der Waals surface area contributed by atoms with Crippen molar-refractivity contribution < 1.29 is 9.53 Å². The Hall–Kier alpha value is -2.14. The molecule has 1 fully saturated rings. The number of para-hydroxylation sites is 1. The highest BCUT2D eigenvalue weighted by Crippen LogP contribution is 2.38. The standard InChI is InChI=1S/C19H23N3O2/c1-15-20-8-12-22(15)10-4-9-21-11-7-19(14-21)13-17(23)16-5-2-3-6-18(16)24-19/h2-3,5-6,8,12H,4,7,9-11,13-14H2,1H3. The van der Waals surface area contributed by atoms with Gasteiger partial charge in [-0.05, 0) is 32.0 Å². The predicted molar refractivity (Wildman–Crippen MR) is 91.4 cm³/mol. The first-order valence-corrected chi connectivity index (χ1v) is 8.67. The van der Waals surface area contributed by atoms with Crippen molar-refractivity contribution >= 4 is 5.78 Å². The van der Waals surface area contributed by atoms with Crippen LogP contribution in [0.3, 0.4) is 0 Å². The summed E-state index contributed by atoms with van der Waals surface area (Å²) in [6.45, 7) is 5.88. The normalized spacial score (nSPS) is 23.5. The SMILES string of the molecule is Cc1nccn1CCCN1CCC2(CC(=O)c3ccccc3O2)C1. The van der Waals surface area contributed by atoms with E-state index in [0.717, 1.165) is 56.2 Å². The number of likely N-dealkylation sites (tertiary alicyclic amines) is 1. The highest BCUT2D eigenvalue weighted by molar-refractivity contribution is 6.00. The number of carbonyl (C=O) groups excluding carboxylic acids is 1. The third kappa shape index (κ3) is 2.84. The Labute approximate surface area is 142 Å². The van der Waals surface area contributed by atoms with Gasteiger partial charge in [-0.15, -0.1) is 0 Å². The van der Waals surface area contributed by atoms with Gasteiger partial charge in [0.2, 0.25) is 0 Å². The fourth-order valence-corrected chi connectivity index (χ4v) is 3.89. The van der Waals surface area contributed by atoms with Crippen molar-refractivity contribution in [2.75, 3.05) is 19.6 Å². The van der Waals surface area contributed by atoms with Crippen LogP contribution < -0.4 is 4.74 Å². The van der Waals surface area contributed by atoms with E-state index < -0.39 is 0 Å². The van der Waals surface area contributed by atoms with Crippen molar-refractivity contribution in [1.82, 2.24) is 14.5 Å². The van der Waals surface area contributed by atoms with Gasteiger partial charge in [-0.25, -0.2) is 4.98 Å². The summed E-state index contributed by atoms with van der Waals surface area (Å²) in [6.07, 6.45) is 6.38. The summed E-state index contributed by atoms with van der Waals surface area (Å²) in [4.78, 5) is 19.1. The van der Waals surface area contributed by atoms with Gasteiger partial charge in [0, 0.05) is 38.4 Å². The molecular formula is C19H23N3O2. The molecule has 1 aromatic heterocycles. The number of fused-ring (bicyclic) bond motifs is 1. The molecule has 2 aliphatic heterocycles. The molecule has 0 aliphatic carbocycles. The number of hydrogen-bond donors (Lipinski definition) is 0. The predicted octanol–water partition coefficient (Wildman–Crippen LogP) is 2.69. The fraction of sp³-hybridized carbons (Fsp3) is 0.474. The number of imidazole rings is 1. The Bertz CT molecular complexity index is 755. The molecule has 0 N–H and O–H groups in total. The molecule has 0 radical (unpaired) electrons. The molecule has 1 atom stereocenters. The summed E-state index contributed by atoms with van der Waals surface area (Å²) in [5, 5.41) is 0. The van der Waals surface area contributed by atoms with Gasteiger partial charge in [-0.2, -0.15) is 0 Å². The maximum Gasteiger partial charge on any atom is 0.170 e. The van der Waals surface area contributed by atoms with Gasteiger partial charge in [0.15, 0.2) is 5.78 Å². The molecule has 4 rings (SSSR count). The van der Waals surface area contributed by atoms with E-state index in [-0.39, 0.29) is 11.4 Å². The molecule has 0 bridgehead atoms. The maximum atomic E-state index is 12.5. The van der Waals surface area contributed by atoms with Gasteiger partial charge >= 0.3 is 0 Å². The monoisotopic (exact) mass is 325 g/mol. The van der Waals surface area contributed by atoms with E-state index in [9.17, 15) is 4.79 Å². The van der Waals surface area contributed by atoms with E-state index in [1.54, 1.807) is 0 Å². The maximum absolute atomic E-state index is 12.5. The van der Waals surface area contributed by atoms with Crippen molar-refractivity contribution in [2.45, 2.75) is 38.3 Å². The van der Waals surface area contributed by atoms with E-state index >= 15 is 0 Å². The van der Waals surface area contributed by atoms with Crippen molar-refractivity contribution in [3.63, 3.8) is 0 Å². The number of hydrogen-bond acceptors (Lipinski definition) is 4. The van der Waals surface area contributed by atoms with E-state index in [4.69, 9.17) is 4.74 Å². The van der Waals surface area contributed by atoms with Crippen molar-refractivity contribution in [2.24, 2.45) is 0 Å². The number of aromatic nitrogens is 2. The molecule has 1 unspecified atom stereocenters. The number of aryl methyl sites for hydroxylation is 2. The van der Waals surface area contributed by atoms with Crippen molar-refractivity contribution in [1.29, 1.82) is 0 Å². The van der Waals surface area contributed by atoms with Crippen LogP contribution in [0, 0.1) is 6.92 Å². The minimum atomic E-state index is -0.323. The summed E-state index contributed by atoms with van der Waals surface area (Å²) in [7, 11) is 0. The van der Waals surface area contributed by atoms with Crippen LogP contribution in [0.1, 0.15) is 35.4 Å². The molecule has 2 aromatic rings. The average molecular weight is 325 g/mol. The Kier molecular flexibility index (Phi) is 3.88. The highest BCUT2D eigenvalue weighted by Gasteiger charge is 2.45. The van der Waals surface area contributed by atoms with Crippen molar-refractivity contribution in [3.8, 4) is 5.75 Å². The fourth-order valence-electron chi connectivity index (χ4n) is 3.89.